The number of amides is 2. The normalized spacial score (nSPS) is 9.44. The van der Waals surface area contributed by atoms with Crippen LogP contribution < -0.4 is 15.4 Å². The molecule has 0 aromatic heterocycles. The number of aryl methyl sites for hydroxylation is 1. The molecule has 18 heavy (non-hydrogen) atoms. The second kappa shape index (κ2) is 7.16. The number of nitrogens with one attached hydrogen (secondary N) is 2. The molecule has 0 atom stereocenters. The Bertz CT molecular complexity index is 403. The molecule has 1 rings (SSSR count). The summed E-state index contributed by atoms with van der Waals surface area (Å²) in [5.41, 5.74) is 1.13. The van der Waals surface area contributed by atoms with Crippen molar-refractivity contribution in [1.29, 1.82) is 0 Å². The van der Waals surface area contributed by atoms with E-state index in [1.165, 1.54) is 7.11 Å². The number of hydrogen-bond acceptors (Lipinski definition) is 4. The summed E-state index contributed by atoms with van der Waals surface area (Å²) in [6, 6.07) is 6.94. The quantitative estimate of drug-likeness (QED) is 0.600. The molecule has 0 aliphatic carbocycles. The van der Waals surface area contributed by atoms with Crippen LogP contribution in [0.1, 0.15) is 5.56 Å². The SMILES string of the molecule is COC(=O)CNC(=O)NCOc1ccc(C)cc1. The number of rotatable bonds is 5. The zero-order valence-electron chi connectivity index (χ0n) is 10.4. The summed E-state index contributed by atoms with van der Waals surface area (Å²) in [6.45, 7) is 1.82. The van der Waals surface area contributed by atoms with Gasteiger partial charge in [-0.1, -0.05) is 17.7 Å². The summed E-state index contributed by atoms with van der Waals surface area (Å²) in [6.07, 6.45) is 0. The summed E-state index contributed by atoms with van der Waals surface area (Å²) in [5.74, 6) is 0.151. The van der Waals surface area contributed by atoms with Crippen molar-refractivity contribution in [3.63, 3.8) is 0 Å². The van der Waals surface area contributed by atoms with Gasteiger partial charge < -0.3 is 20.1 Å². The van der Waals surface area contributed by atoms with Crippen LogP contribution in [-0.4, -0.2) is 32.4 Å². The highest BCUT2D eigenvalue weighted by atomic mass is 16.5. The minimum absolute atomic E-state index is 0.0239. The Kier molecular flexibility index (Phi) is 5.50. The number of ether oxygens (including phenoxy) is 2. The molecule has 0 fully saturated rings. The number of urea groups is 1. The molecule has 0 aliphatic heterocycles. The van der Waals surface area contributed by atoms with Gasteiger partial charge in [0.15, 0.2) is 6.73 Å². The van der Waals surface area contributed by atoms with E-state index in [2.05, 4.69) is 15.4 Å². The van der Waals surface area contributed by atoms with E-state index in [0.717, 1.165) is 5.56 Å². The zero-order valence-corrected chi connectivity index (χ0v) is 10.4. The van der Waals surface area contributed by atoms with Gasteiger partial charge in [0.1, 0.15) is 12.3 Å². The Morgan fingerprint density at radius 2 is 1.83 bits per heavy atom. The van der Waals surface area contributed by atoms with Crippen molar-refractivity contribution in [3.05, 3.63) is 29.8 Å². The van der Waals surface area contributed by atoms with Crippen molar-refractivity contribution in [1.82, 2.24) is 10.6 Å². The van der Waals surface area contributed by atoms with Gasteiger partial charge in [0.05, 0.1) is 7.11 Å². The van der Waals surface area contributed by atoms with Crippen LogP contribution in [0.15, 0.2) is 24.3 Å². The molecule has 0 saturated heterocycles. The Morgan fingerprint density at radius 1 is 1.17 bits per heavy atom. The highest BCUT2D eigenvalue weighted by Gasteiger charge is 2.03. The van der Waals surface area contributed by atoms with Gasteiger partial charge >= 0.3 is 12.0 Å². The molecule has 2 N–H and O–H groups in total. The molecular weight excluding hydrogens is 236 g/mol. The standard InChI is InChI=1S/C12H16N2O4/c1-9-3-5-10(6-4-9)18-8-14-12(16)13-7-11(15)17-2/h3-6H,7-8H2,1-2H3,(H2,13,14,16). The lowest BCUT2D eigenvalue weighted by atomic mass is 10.2. The molecule has 2 amide bonds. The van der Waals surface area contributed by atoms with E-state index in [9.17, 15) is 9.59 Å². The molecule has 0 spiro atoms. The zero-order chi connectivity index (χ0) is 13.4. The first-order valence-corrected chi connectivity index (χ1v) is 5.40. The molecule has 1 aromatic rings. The highest BCUT2D eigenvalue weighted by molar-refractivity contribution is 5.80. The van der Waals surface area contributed by atoms with Gasteiger partial charge in [0.2, 0.25) is 0 Å². The van der Waals surface area contributed by atoms with Crippen LogP contribution >= 0.6 is 0 Å². The molecule has 6 nitrogen and oxygen atoms in total. The number of benzene rings is 1. The van der Waals surface area contributed by atoms with Crippen molar-refractivity contribution in [3.8, 4) is 5.75 Å². The molecule has 0 bridgehead atoms. The maximum absolute atomic E-state index is 11.2. The van der Waals surface area contributed by atoms with Crippen LogP contribution in [0.4, 0.5) is 4.79 Å². The van der Waals surface area contributed by atoms with E-state index in [-0.39, 0.29) is 13.3 Å². The molecule has 6 heteroatoms. The maximum atomic E-state index is 11.2. The average molecular weight is 252 g/mol. The molecule has 0 unspecified atom stereocenters. The lowest BCUT2D eigenvalue weighted by Gasteiger charge is -2.08. The van der Waals surface area contributed by atoms with Crippen molar-refractivity contribution in [2.75, 3.05) is 20.4 Å². The fourth-order valence-electron chi connectivity index (χ4n) is 1.11. The largest absolute Gasteiger partial charge is 0.473 e. The first kappa shape index (κ1) is 13.8. The number of hydrogen-bond donors (Lipinski definition) is 2. The van der Waals surface area contributed by atoms with E-state index in [1.807, 2.05) is 31.2 Å². The van der Waals surface area contributed by atoms with Gasteiger partial charge in [-0.15, -0.1) is 0 Å². The second-order valence-corrected chi connectivity index (χ2v) is 3.54. The van der Waals surface area contributed by atoms with Gasteiger partial charge in [-0.3, -0.25) is 4.79 Å². The number of methoxy groups -OCH3 is 1. The fraction of sp³-hybridized carbons (Fsp3) is 0.333. The van der Waals surface area contributed by atoms with E-state index < -0.39 is 12.0 Å². The number of esters is 1. The molecule has 98 valence electrons. The number of carbonyl (C=O) groups is 2. The molecule has 0 radical (unpaired) electrons. The lowest BCUT2D eigenvalue weighted by molar-refractivity contribution is -0.139. The van der Waals surface area contributed by atoms with Gasteiger partial charge in [-0.05, 0) is 19.1 Å². The Balaban J connectivity index is 2.19. The summed E-state index contributed by atoms with van der Waals surface area (Å²) in [5, 5.41) is 4.77. The van der Waals surface area contributed by atoms with E-state index >= 15 is 0 Å². The molecular formula is C12H16N2O4. The summed E-state index contributed by atoms with van der Waals surface area (Å²) < 4.78 is 9.65. The van der Waals surface area contributed by atoms with Crippen LogP contribution in [0.25, 0.3) is 0 Å². The van der Waals surface area contributed by atoms with Crippen molar-refractivity contribution in [2.45, 2.75) is 6.92 Å². The van der Waals surface area contributed by atoms with Gasteiger partial charge in [0, 0.05) is 0 Å². The third-order valence-corrected chi connectivity index (χ3v) is 2.11. The van der Waals surface area contributed by atoms with Crippen LogP contribution in [0.3, 0.4) is 0 Å². The molecule has 0 heterocycles. The Labute approximate surface area is 105 Å². The summed E-state index contributed by atoms with van der Waals surface area (Å²) >= 11 is 0. The predicted octanol–water partition coefficient (Wildman–Crippen LogP) is 0.804. The summed E-state index contributed by atoms with van der Waals surface area (Å²) in [4.78, 5) is 21.9. The van der Waals surface area contributed by atoms with E-state index in [1.54, 1.807) is 0 Å². The molecule has 1 aromatic carbocycles. The monoisotopic (exact) mass is 252 g/mol. The first-order valence-electron chi connectivity index (χ1n) is 5.40. The Hall–Kier alpha value is -2.24. The molecule has 0 aliphatic rings. The van der Waals surface area contributed by atoms with Gasteiger partial charge in [0.25, 0.3) is 0 Å². The number of carbonyl (C=O) groups excluding carboxylic acids is 2. The van der Waals surface area contributed by atoms with E-state index in [4.69, 9.17) is 4.74 Å². The smallest absolute Gasteiger partial charge is 0.325 e. The average Bonchev–Trinajstić information content (AvgIpc) is 2.38. The lowest BCUT2D eigenvalue weighted by Crippen LogP contribution is -2.40. The van der Waals surface area contributed by atoms with Crippen molar-refractivity contribution >= 4 is 12.0 Å². The van der Waals surface area contributed by atoms with Crippen LogP contribution in [0.5, 0.6) is 5.75 Å². The maximum Gasteiger partial charge on any atom is 0.325 e. The minimum atomic E-state index is -0.510. The summed E-state index contributed by atoms with van der Waals surface area (Å²) in [7, 11) is 1.25. The third kappa shape index (κ3) is 5.20. The van der Waals surface area contributed by atoms with Crippen LogP contribution in [0, 0.1) is 6.92 Å². The highest BCUT2D eigenvalue weighted by Crippen LogP contribution is 2.10. The first-order chi connectivity index (χ1) is 8.61. The predicted molar refractivity (Wildman–Crippen MR) is 65.2 cm³/mol. The topological polar surface area (TPSA) is 76.7 Å². The van der Waals surface area contributed by atoms with E-state index in [0.29, 0.717) is 5.75 Å². The van der Waals surface area contributed by atoms with Crippen molar-refractivity contribution < 1.29 is 19.1 Å². The fourth-order valence-corrected chi connectivity index (χ4v) is 1.11. The second-order valence-electron chi connectivity index (χ2n) is 3.54. The van der Waals surface area contributed by atoms with Crippen LogP contribution in [-0.2, 0) is 9.53 Å². The Morgan fingerprint density at radius 3 is 2.44 bits per heavy atom. The van der Waals surface area contributed by atoms with Gasteiger partial charge in [-0.2, -0.15) is 0 Å². The minimum Gasteiger partial charge on any atom is -0.473 e. The van der Waals surface area contributed by atoms with Crippen molar-refractivity contribution in [2.24, 2.45) is 0 Å². The van der Waals surface area contributed by atoms with Crippen LogP contribution in [0.2, 0.25) is 0 Å². The molecule has 0 saturated carbocycles. The van der Waals surface area contributed by atoms with Gasteiger partial charge in [-0.25, -0.2) is 4.79 Å². The third-order valence-electron chi connectivity index (χ3n) is 2.11.